The topological polar surface area (TPSA) is 67.9 Å². The number of fused-ring (bicyclic) bond motifs is 6. The molecule has 11 aromatic carbocycles. The maximum absolute atomic E-state index is 4.94. The van der Waals surface area contributed by atoms with Crippen LogP contribution in [0.1, 0.15) is 11.1 Å². The highest BCUT2D eigenvalue weighted by molar-refractivity contribution is 6.03. The average Bonchev–Trinajstić information content (AvgIpc) is 4.10. The molecule has 73 heavy (non-hydrogen) atoms. The van der Waals surface area contributed by atoms with Crippen LogP contribution in [0.15, 0.2) is 249 Å². The summed E-state index contributed by atoms with van der Waals surface area (Å²) in [6, 6.07) is 81.4. The molecule has 0 aliphatic heterocycles. The molecule has 0 amide bonds. The number of rotatable bonds is 11. The van der Waals surface area contributed by atoms with Gasteiger partial charge in [0.05, 0.1) is 11.4 Å². The van der Waals surface area contributed by atoms with E-state index in [0.717, 1.165) is 101 Å². The first-order chi connectivity index (χ1) is 36.0. The number of hydrogen-bond acceptors (Lipinski definition) is 6. The summed E-state index contributed by atoms with van der Waals surface area (Å²) >= 11 is 0. The highest BCUT2D eigenvalue weighted by Crippen LogP contribution is 2.40. The van der Waals surface area contributed by atoms with Crippen molar-refractivity contribution in [3.63, 3.8) is 0 Å². The molecule has 8 heteroatoms. The lowest BCUT2D eigenvalue weighted by molar-refractivity contribution is 0.765. The summed E-state index contributed by atoms with van der Waals surface area (Å²) in [6.45, 7) is 5.90. The fourth-order valence-corrected chi connectivity index (χ4v) is 9.96. The fraction of sp³-hybridized carbons (Fsp3) is 0.0154. The van der Waals surface area contributed by atoms with E-state index in [4.69, 9.17) is 20.4 Å². The molecule has 0 aliphatic rings. The Labute approximate surface area is 422 Å². The lowest BCUT2D eigenvalue weighted by Crippen LogP contribution is -2.10. The standard InChI is InChI=1S/C65H46N8/c1-3-4-11-45-24-40-62-64(44(45)2)68-72(66-62)57-36-32-55(33-37-57)70(59-30-22-46-12-5-7-15-51(46)42-59)53-26-18-48(19-27-53)49-20-28-54(29-21-49)71(60-31-23-47-13-6-8-16-52(47)43-60)56-34-38-58(39-35-56)73-67-63-41-25-50-14-9-10-17-61(50)65(63)69-73/h3-43H,1H2,2H3/b11-4-. The van der Waals surface area contributed by atoms with Gasteiger partial charge >= 0.3 is 0 Å². The Bertz CT molecular complexity index is 4230. The Morgan fingerprint density at radius 2 is 0.795 bits per heavy atom. The van der Waals surface area contributed by atoms with Gasteiger partial charge in [-0.15, -0.1) is 20.4 Å². The first kappa shape index (κ1) is 43.1. The summed E-state index contributed by atoms with van der Waals surface area (Å²) in [5.41, 5.74) is 15.9. The minimum Gasteiger partial charge on any atom is -0.310 e. The molecule has 0 saturated heterocycles. The van der Waals surface area contributed by atoms with Crippen molar-refractivity contribution in [2.75, 3.05) is 9.80 Å². The monoisotopic (exact) mass is 938 g/mol. The van der Waals surface area contributed by atoms with Gasteiger partial charge in [-0.05, 0) is 165 Å². The molecule has 2 aromatic heterocycles. The van der Waals surface area contributed by atoms with E-state index in [1.54, 1.807) is 15.7 Å². The molecule has 0 radical (unpaired) electrons. The van der Waals surface area contributed by atoms with Crippen molar-refractivity contribution in [3.8, 4) is 22.5 Å². The van der Waals surface area contributed by atoms with E-state index in [9.17, 15) is 0 Å². The summed E-state index contributed by atoms with van der Waals surface area (Å²) in [6.07, 6.45) is 5.77. The van der Waals surface area contributed by atoms with E-state index in [2.05, 4.69) is 236 Å². The number of aromatic nitrogens is 6. The van der Waals surface area contributed by atoms with Crippen LogP contribution in [0.25, 0.3) is 83.0 Å². The van der Waals surface area contributed by atoms with E-state index in [1.165, 1.54) is 21.5 Å². The van der Waals surface area contributed by atoms with Gasteiger partial charge in [-0.1, -0.05) is 146 Å². The maximum atomic E-state index is 4.94. The van der Waals surface area contributed by atoms with E-state index in [-0.39, 0.29) is 0 Å². The Hall–Kier alpha value is -9.92. The molecule has 13 rings (SSSR count). The number of allylic oxidation sites excluding steroid dienone is 2. The lowest BCUT2D eigenvalue weighted by atomic mass is 10.0. The molecule has 0 aliphatic carbocycles. The molecule has 8 nitrogen and oxygen atoms in total. The van der Waals surface area contributed by atoms with Crippen molar-refractivity contribution < 1.29 is 0 Å². The predicted octanol–water partition coefficient (Wildman–Crippen LogP) is 16.7. The van der Waals surface area contributed by atoms with Crippen molar-refractivity contribution >= 4 is 94.6 Å². The first-order valence-electron chi connectivity index (χ1n) is 24.4. The second-order valence-electron chi connectivity index (χ2n) is 18.2. The third-order valence-electron chi connectivity index (χ3n) is 13.8. The second kappa shape index (κ2) is 18.1. The minimum atomic E-state index is 0.852. The molecule has 0 unspecified atom stereocenters. The Balaban J connectivity index is 0.818. The van der Waals surface area contributed by atoms with E-state index >= 15 is 0 Å². The molecule has 0 atom stereocenters. The van der Waals surface area contributed by atoms with Crippen molar-refractivity contribution in [3.05, 3.63) is 260 Å². The summed E-state index contributed by atoms with van der Waals surface area (Å²) < 4.78 is 0. The van der Waals surface area contributed by atoms with Crippen molar-refractivity contribution in [1.29, 1.82) is 0 Å². The van der Waals surface area contributed by atoms with Crippen molar-refractivity contribution in [1.82, 2.24) is 30.0 Å². The van der Waals surface area contributed by atoms with Gasteiger partial charge in [0, 0.05) is 39.5 Å². The van der Waals surface area contributed by atoms with E-state index in [0.29, 0.717) is 0 Å². The molecule has 13 aromatic rings. The molecule has 0 spiro atoms. The molecular weight excluding hydrogens is 893 g/mol. The summed E-state index contributed by atoms with van der Waals surface area (Å²) in [4.78, 5) is 8.07. The second-order valence-corrected chi connectivity index (χ2v) is 18.2. The van der Waals surface area contributed by atoms with Gasteiger partial charge in [-0.3, -0.25) is 0 Å². The zero-order chi connectivity index (χ0) is 48.8. The molecule has 0 saturated carbocycles. The molecule has 0 N–H and O–H groups in total. The van der Waals surface area contributed by atoms with Gasteiger partial charge in [0.2, 0.25) is 0 Å². The van der Waals surface area contributed by atoms with Crippen LogP contribution in [0, 0.1) is 6.92 Å². The van der Waals surface area contributed by atoms with Gasteiger partial charge in [0.15, 0.2) is 0 Å². The summed E-state index contributed by atoms with van der Waals surface area (Å²) in [5.74, 6) is 0. The maximum Gasteiger partial charge on any atom is 0.121 e. The van der Waals surface area contributed by atoms with Crippen molar-refractivity contribution in [2.45, 2.75) is 6.92 Å². The van der Waals surface area contributed by atoms with Crippen LogP contribution in [-0.2, 0) is 0 Å². The first-order valence-corrected chi connectivity index (χ1v) is 24.4. The number of nitrogens with zero attached hydrogens (tertiary/aromatic N) is 8. The van der Waals surface area contributed by atoms with Crippen LogP contribution in [0.4, 0.5) is 34.1 Å². The van der Waals surface area contributed by atoms with Crippen LogP contribution >= 0.6 is 0 Å². The van der Waals surface area contributed by atoms with Crippen LogP contribution in [0.3, 0.4) is 0 Å². The molecule has 0 bridgehead atoms. The normalized spacial score (nSPS) is 11.6. The van der Waals surface area contributed by atoms with Gasteiger partial charge in [0.1, 0.15) is 22.1 Å². The lowest BCUT2D eigenvalue weighted by Gasteiger charge is -2.27. The summed E-state index contributed by atoms with van der Waals surface area (Å²) in [7, 11) is 0. The van der Waals surface area contributed by atoms with Crippen LogP contribution in [-0.4, -0.2) is 30.0 Å². The summed E-state index contributed by atoms with van der Waals surface area (Å²) in [5, 5.41) is 26.6. The average molecular weight is 939 g/mol. The van der Waals surface area contributed by atoms with E-state index in [1.807, 2.05) is 30.4 Å². The zero-order valence-corrected chi connectivity index (χ0v) is 40.0. The molecule has 0 fully saturated rings. The number of aryl methyl sites for hydroxylation is 1. The zero-order valence-electron chi connectivity index (χ0n) is 40.0. The van der Waals surface area contributed by atoms with E-state index < -0.39 is 0 Å². The van der Waals surface area contributed by atoms with Gasteiger partial charge in [-0.25, -0.2) is 0 Å². The number of anilines is 6. The third kappa shape index (κ3) is 8.03. The number of hydrogen-bond donors (Lipinski definition) is 0. The van der Waals surface area contributed by atoms with Crippen molar-refractivity contribution in [2.24, 2.45) is 0 Å². The van der Waals surface area contributed by atoms with Gasteiger partial charge in [0.25, 0.3) is 0 Å². The van der Waals surface area contributed by atoms with Gasteiger partial charge < -0.3 is 9.80 Å². The van der Waals surface area contributed by atoms with Gasteiger partial charge in [-0.2, -0.15) is 9.59 Å². The highest BCUT2D eigenvalue weighted by atomic mass is 15.5. The predicted molar refractivity (Wildman–Crippen MR) is 303 cm³/mol. The Morgan fingerprint density at radius 3 is 1.32 bits per heavy atom. The largest absolute Gasteiger partial charge is 0.310 e. The minimum absolute atomic E-state index is 0.852. The SMILES string of the molecule is C=C/C=C\c1ccc2nn(-c3ccc(N(c4ccc(-c5ccc(N(c6ccc(-n7nc8ccc9ccccc9c8n7)cc6)c6ccc7ccccc7c6)cc5)cc4)c4ccc5ccccc5c4)cc3)nc2c1C. The number of benzene rings is 11. The molecular formula is C65H46N8. The van der Waals surface area contributed by atoms with Crippen LogP contribution < -0.4 is 9.80 Å². The quantitative estimate of drug-likeness (QED) is 0.120. The third-order valence-corrected chi connectivity index (χ3v) is 13.8. The molecule has 2 heterocycles. The van der Waals surface area contributed by atoms with Crippen LogP contribution in [0.2, 0.25) is 0 Å². The highest BCUT2D eigenvalue weighted by Gasteiger charge is 2.18. The Morgan fingerprint density at radius 1 is 0.384 bits per heavy atom. The molecule has 346 valence electrons. The smallest absolute Gasteiger partial charge is 0.121 e. The Kier molecular flexibility index (Phi) is 10.7. The fourth-order valence-electron chi connectivity index (χ4n) is 9.96. The van der Waals surface area contributed by atoms with Crippen LogP contribution in [0.5, 0.6) is 0 Å².